The number of aryl methyl sites for hydroxylation is 1. The van der Waals surface area contributed by atoms with Gasteiger partial charge in [0.2, 0.25) is 5.92 Å². The molecule has 0 spiro atoms. The Kier molecular flexibility index (Phi) is 3.78. The normalized spacial score (nSPS) is 14.4. The van der Waals surface area contributed by atoms with Crippen molar-refractivity contribution in [1.29, 1.82) is 0 Å². The molecule has 0 N–H and O–H groups in total. The zero-order chi connectivity index (χ0) is 10.9. The molecular formula is C9H10Cl2F2S. The van der Waals surface area contributed by atoms with Gasteiger partial charge in [0.15, 0.2) is 0 Å². The molecule has 0 nitrogen and oxygen atoms in total. The molecule has 0 saturated heterocycles. The lowest BCUT2D eigenvalue weighted by atomic mass is 10.1. The number of hydrogen-bond donors (Lipinski definition) is 0. The first-order valence-corrected chi connectivity index (χ1v) is 5.70. The summed E-state index contributed by atoms with van der Waals surface area (Å²) in [5.74, 6) is -2.74. The first-order chi connectivity index (χ1) is 6.29. The molecule has 0 aliphatic heterocycles. The average molecular weight is 259 g/mol. The van der Waals surface area contributed by atoms with E-state index in [0.29, 0.717) is 9.21 Å². The van der Waals surface area contributed by atoms with Crippen LogP contribution in [0.1, 0.15) is 29.2 Å². The van der Waals surface area contributed by atoms with Gasteiger partial charge in [0, 0.05) is 11.3 Å². The molecule has 0 fully saturated rings. The summed E-state index contributed by atoms with van der Waals surface area (Å²) in [7, 11) is 0. The predicted molar refractivity (Wildman–Crippen MR) is 57.9 cm³/mol. The van der Waals surface area contributed by atoms with Crippen molar-refractivity contribution in [1.82, 2.24) is 0 Å². The van der Waals surface area contributed by atoms with E-state index < -0.39 is 11.3 Å². The molecule has 0 aliphatic carbocycles. The molecule has 0 aromatic carbocycles. The van der Waals surface area contributed by atoms with Crippen LogP contribution in [0, 0.1) is 6.92 Å². The van der Waals surface area contributed by atoms with Crippen molar-refractivity contribution in [2.75, 3.05) is 0 Å². The van der Waals surface area contributed by atoms with Gasteiger partial charge in [-0.1, -0.05) is 11.6 Å². The van der Waals surface area contributed by atoms with Gasteiger partial charge in [0.1, 0.15) is 0 Å². The van der Waals surface area contributed by atoms with E-state index in [0.717, 1.165) is 12.5 Å². The van der Waals surface area contributed by atoms with Gasteiger partial charge in [-0.05, 0) is 25.5 Å². The van der Waals surface area contributed by atoms with Crippen LogP contribution in [0.3, 0.4) is 0 Å². The van der Waals surface area contributed by atoms with E-state index in [4.69, 9.17) is 23.2 Å². The Bertz CT molecular complexity index is 298. The monoisotopic (exact) mass is 258 g/mol. The molecule has 5 heteroatoms. The van der Waals surface area contributed by atoms with E-state index in [2.05, 4.69) is 0 Å². The minimum atomic E-state index is -2.74. The highest BCUT2D eigenvalue weighted by molar-refractivity contribution is 7.16. The predicted octanol–water partition coefficient (Wildman–Crippen LogP) is 5.04. The maximum Gasteiger partial charge on any atom is 0.247 e. The van der Waals surface area contributed by atoms with Crippen molar-refractivity contribution >= 4 is 34.5 Å². The molecule has 0 radical (unpaired) electrons. The van der Waals surface area contributed by atoms with Crippen LogP contribution in [0.2, 0.25) is 4.34 Å². The third kappa shape index (κ3) is 3.37. The highest BCUT2D eigenvalue weighted by atomic mass is 35.5. The molecule has 1 atom stereocenters. The van der Waals surface area contributed by atoms with Crippen LogP contribution < -0.4 is 0 Å². The molecule has 0 saturated carbocycles. The fraction of sp³-hybridized carbons (Fsp3) is 0.556. The fourth-order valence-electron chi connectivity index (χ4n) is 1.05. The van der Waals surface area contributed by atoms with Crippen LogP contribution in [0.15, 0.2) is 6.07 Å². The van der Waals surface area contributed by atoms with Gasteiger partial charge in [0.05, 0.1) is 9.71 Å². The van der Waals surface area contributed by atoms with Crippen molar-refractivity contribution in [3.8, 4) is 0 Å². The summed E-state index contributed by atoms with van der Waals surface area (Å²) in [5.41, 5.74) is 0.886. The van der Waals surface area contributed by atoms with Gasteiger partial charge >= 0.3 is 0 Å². The number of hydrogen-bond acceptors (Lipinski definition) is 1. The SMILES string of the molecule is Cc1cc(C(Cl)CC(C)(F)F)sc1Cl. The highest BCUT2D eigenvalue weighted by Crippen LogP contribution is 2.39. The van der Waals surface area contributed by atoms with Crippen LogP contribution in [0.4, 0.5) is 8.78 Å². The lowest BCUT2D eigenvalue weighted by molar-refractivity contribution is 0.0122. The fourth-order valence-corrected chi connectivity index (χ4v) is 2.72. The van der Waals surface area contributed by atoms with Crippen LogP contribution in [-0.2, 0) is 0 Å². The standard InChI is InChI=1S/C9H10Cl2F2S/c1-5-3-7(14-8(5)11)6(10)4-9(2,12)13/h3,6H,4H2,1-2H3. The number of halogens is 4. The largest absolute Gasteiger partial charge is 0.247 e. The molecular weight excluding hydrogens is 249 g/mol. The molecule has 1 aromatic heterocycles. The third-order valence-corrected chi connectivity index (χ3v) is 3.91. The zero-order valence-corrected chi connectivity index (χ0v) is 10.1. The summed E-state index contributed by atoms with van der Waals surface area (Å²) in [6.45, 7) is 2.69. The van der Waals surface area contributed by atoms with E-state index in [1.165, 1.54) is 11.3 Å². The Morgan fingerprint density at radius 2 is 2.14 bits per heavy atom. The van der Waals surface area contributed by atoms with Gasteiger partial charge < -0.3 is 0 Å². The minimum Gasteiger partial charge on any atom is -0.207 e. The van der Waals surface area contributed by atoms with Crippen LogP contribution in [0.25, 0.3) is 0 Å². The Balaban J connectivity index is 2.75. The van der Waals surface area contributed by atoms with E-state index >= 15 is 0 Å². The lowest BCUT2D eigenvalue weighted by Gasteiger charge is -2.13. The van der Waals surface area contributed by atoms with Crippen LogP contribution in [0.5, 0.6) is 0 Å². The first-order valence-electron chi connectivity index (χ1n) is 4.07. The van der Waals surface area contributed by atoms with Crippen molar-refractivity contribution in [2.24, 2.45) is 0 Å². The molecule has 80 valence electrons. The second kappa shape index (κ2) is 4.33. The molecule has 1 unspecified atom stereocenters. The highest BCUT2D eigenvalue weighted by Gasteiger charge is 2.27. The first kappa shape index (κ1) is 12.2. The van der Waals surface area contributed by atoms with Gasteiger partial charge in [-0.2, -0.15) is 0 Å². The third-order valence-electron chi connectivity index (χ3n) is 1.72. The van der Waals surface area contributed by atoms with Crippen molar-refractivity contribution in [3.63, 3.8) is 0 Å². The van der Waals surface area contributed by atoms with E-state index in [-0.39, 0.29) is 6.42 Å². The van der Waals surface area contributed by atoms with E-state index in [1.807, 2.05) is 6.92 Å². The summed E-state index contributed by atoms with van der Waals surface area (Å²) in [6.07, 6.45) is -0.356. The Labute approximate surface area is 95.8 Å². The Morgan fingerprint density at radius 1 is 1.57 bits per heavy atom. The molecule has 1 rings (SSSR count). The summed E-state index contributed by atoms with van der Waals surface area (Å²) in [4.78, 5) is 0.704. The zero-order valence-electron chi connectivity index (χ0n) is 7.78. The van der Waals surface area contributed by atoms with Gasteiger partial charge in [-0.15, -0.1) is 22.9 Å². The summed E-state index contributed by atoms with van der Waals surface area (Å²) in [5, 5.41) is -0.661. The van der Waals surface area contributed by atoms with Crippen molar-refractivity contribution in [3.05, 3.63) is 20.8 Å². The topological polar surface area (TPSA) is 0 Å². The van der Waals surface area contributed by atoms with E-state index in [1.54, 1.807) is 6.07 Å². The molecule has 0 aliphatic rings. The lowest BCUT2D eigenvalue weighted by Crippen LogP contribution is -2.11. The van der Waals surface area contributed by atoms with Crippen molar-refractivity contribution < 1.29 is 8.78 Å². The maximum absolute atomic E-state index is 12.7. The van der Waals surface area contributed by atoms with Crippen LogP contribution in [-0.4, -0.2) is 5.92 Å². The Morgan fingerprint density at radius 3 is 2.50 bits per heavy atom. The smallest absolute Gasteiger partial charge is 0.207 e. The van der Waals surface area contributed by atoms with E-state index in [9.17, 15) is 8.78 Å². The second-order valence-corrected chi connectivity index (χ2v) is 5.56. The molecule has 1 aromatic rings. The minimum absolute atomic E-state index is 0.356. The summed E-state index contributed by atoms with van der Waals surface area (Å²) in [6, 6.07) is 1.76. The number of thiophene rings is 1. The summed E-state index contributed by atoms with van der Waals surface area (Å²) < 4.78 is 25.9. The Hall–Kier alpha value is 0.140. The average Bonchev–Trinajstić information content (AvgIpc) is 2.28. The number of alkyl halides is 3. The van der Waals surface area contributed by atoms with Crippen LogP contribution >= 0.6 is 34.5 Å². The molecule has 0 bridgehead atoms. The molecule has 0 amide bonds. The van der Waals surface area contributed by atoms with Crippen molar-refractivity contribution in [2.45, 2.75) is 31.6 Å². The van der Waals surface area contributed by atoms with Gasteiger partial charge in [-0.3, -0.25) is 0 Å². The second-order valence-electron chi connectivity index (χ2n) is 3.35. The molecule has 1 heterocycles. The molecule has 14 heavy (non-hydrogen) atoms. The maximum atomic E-state index is 12.7. The quantitative estimate of drug-likeness (QED) is 0.667. The number of rotatable bonds is 3. The van der Waals surface area contributed by atoms with Gasteiger partial charge in [0.25, 0.3) is 0 Å². The summed E-state index contributed by atoms with van der Waals surface area (Å²) >= 11 is 12.9. The van der Waals surface area contributed by atoms with Gasteiger partial charge in [-0.25, -0.2) is 8.78 Å².